The van der Waals surface area contributed by atoms with E-state index in [2.05, 4.69) is 39.5 Å². The van der Waals surface area contributed by atoms with Gasteiger partial charge in [0.15, 0.2) is 0 Å². The van der Waals surface area contributed by atoms with Crippen LogP contribution < -0.4 is 5.73 Å². The normalized spacial score (nSPS) is 38.4. The van der Waals surface area contributed by atoms with Gasteiger partial charge in [0.2, 0.25) is 0 Å². The number of thioether (sulfide) groups is 1. The first-order chi connectivity index (χ1) is 9.96. The molecule has 2 aliphatic rings. The van der Waals surface area contributed by atoms with Gasteiger partial charge in [-0.15, -0.1) is 0 Å². The van der Waals surface area contributed by atoms with E-state index in [9.17, 15) is 0 Å². The van der Waals surface area contributed by atoms with Gasteiger partial charge in [0, 0.05) is 10.5 Å². The predicted octanol–water partition coefficient (Wildman–Crippen LogP) is 5.48. The second-order valence-electron chi connectivity index (χ2n) is 8.42. The molecule has 0 aromatic heterocycles. The molecule has 2 rings (SSSR count). The van der Waals surface area contributed by atoms with Crippen LogP contribution in [0.15, 0.2) is 0 Å². The predicted molar refractivity (Wildman–Crippen MR) is 96.8 cm³/mol. The second kappa shape index (κ2) is 7.73. The van der Waals surface area contributed by atoms with Crippen molar-refractivity contribution in [3.8, 4) is 0 Å². The van der Waals surface area contributed by atoms with Crippen molar-refractivity contribution in [1.29, 1.82) is 0 Å². The summed E-state index contributed by atoms with van der Waals surface area (Å²) in [7, 11) is 0. The molecule has 5 unspecified atom stereocenters. The minimum atomic E-state index is 0.512. The van der Waals surface area contributed by atoms with Crippen molar-refractivity contribution in [1.82, 2.24) is 0 Å². The first-order valence-corrected chi connectivity index (χ1v) is 10.3. The molecule has 0 heterocycles. The van der Waals surface area contributed by atoms with Gasteiger partial charge in [-0.25, -0.2) is 0 Å². The summed E-state index contributed by atoms with van der Waals surface area (Å²) in [6, 6.07) is 0. The van der Waals surface area contributed by atoms with Crippen LogP contribution in [0.3, 0.4) is 0 Å². The van der Waals surface area contributed by atoms with E-state index in [1.54, 1.807) is 0 Å². The van der Waals surface area contributed by atoms with E-state index >= 15 is 0 Å². The Hall–Kier alpha value is 0.310. The van der Waals surface area contributed by atoms with Crippen LogP contribution in [0.5, 0.6) is 0 Å². The Morgan fingerprint density at radius 3 is 2.48 bits per heavy atom. The van der Waals surface area contributed by atoms with Crippen LogP contribution in [0.4, 0.5) is 0 Å². The van der Waals surface area contributed by atoms with Gasteiger partial charge in [-0.3, -0.25) is 0 Å². The van der Waals surface area contributed by atoms with Crippen LogP contribution in [0.2, 0.25) is 0 Å². The SMILES string of the molecule is CCC(C)(C)C1CCC(CN)C(SC2CCCC(C)C2)C1. The average molecular weight is 312 g/mol. The van der Waals surface area contributed by atoms with Crippen LogP contribution in [0.1, 0.15) is 79.1 Å². The summed E-state index contributed by atoms with van der Waals surface area (Å²) in [4.78, 5) is 0. The summed E-state index contributed by atoms with van der Waals surface area (Å²) in [5.74, 6) is 2.62. The largest absolute Gasteiger partial charge is 0.330 e. The molecule has 0 spiro atoms. The lowest BCUT2D eigenvalue weighted by Gasteiger charge is -2.44. The Kier molecular flexibility index (Phi) is 6.50. The minimum Gasteiger partial charge on any atom is -0.330 e. The molecule has 2 N–H and O–H groups in total. The zero-order chi connectivity index (χ0) is 15.5. The van der Waals surface area contributed by atoms with E-state index in [1.807, 2.05) is 0 Å². The molecule has 1 nitrogen and oxygen atoms in total. The summed E-state index contributed by atoms with van der Waals surface area (Å²) in [5, 5.41) is 1.74. The van der Waals surface area contributed by atoms with Gasteiger partial charge in [0.25, 0.3) is 0 Å². The number of hydrogen-bond acceptors (Lipinski definition) is 2. The third-order valence-electron chi connectivity index (χ3n) is 6.50. The molecule has 2 aliphatic carbocycles. The van der Waals surface area contributed by atoms with Gasteiger partial charge in [0.05, 0.1) is 0 Å². The standard InChI is InChI=1S/C19H37NS/c1-5-19(3,4)16-10-9-15(13-20)18(12-16)21-17-8-6-7-14(2)11-17/h14-18H,5-13,20H2,1-4H3. The average Bonchev–Trinajstić information content (AvgIpc) is 2.47. The van der Waals surface area contributed by atoms with Crippen molar-refractivity contribution in [2.24, 2.45) is 28.9 Å². The van der Waals surface area contributed by atoms with E-state index in [1.165, 1.54) is 51.4 Å². The quantitative estimate of drug-likeness (QED) is 0.727. The highest BCUT2D eigenvalue weighted by Crippen LogP contribution is 2.47. The Morgan fingerprint density at radius 2 is 1.86 bits per heavy atom. The van der Waals surface area contributed by atoms with Crippen LogP contribution in [-0.4, -0.2) is 17.0 Å². The molecule has 2 fully saturated rings. The van der Waals surface area contributed by atoms with E-state index in [4.69, 9.17) is 5.73 Å². The minimum absolute atomic E-state index is 0.512. The van der Waals surface area contributed by atoms with Crippen LogP contribution in [0.25, 0.3) is 0 Å². The van der Waals surface area contributed by atoms with E-state index in [-0.39, 0.29) is 0 Å². The smallest absolute Gasteiger partial charge is 0.00929 e. The lowest BCUT2D eigenvalue weighted by Crippen LogP contribution is -2.38. The van der Waals surface area contributed by atoms with Crippen LogP contribution in [0, 0.1) is 23.2 Å². The summed E-state index contributed by atoms with van der Waals surface area (Å²) in [6.07, 6.45) is 11.3. The van der Waals surface area contributed by atoms with Crippen molar-refractivity contribution in [2.45, 2.75) is 89.6 Å². The van der Waals surface area contributed by atoms with Gasteiger partial charge in [-0.2, -0.15) is 11.8 Å². The fraction of sp³-hybridized carbons (Fsp3) is 1.00. The van der Waals surface area contributed by atoms with Crippen molar-refractivity contribution in [2.75, 3.05) is 6.54 Å². The van der Waals surface area contributed by atoms with E-state index in [0.29, 0.717) is 5.41 Å². The molecular formula is C19H37NS. The Morgan fingerprint density at radius 1 is 1.10 bits per heavy atom. The highest BCUT2D eigenvalue weighted by atomic mass is 32.2. The van der Waals surface area contributed by atoms with Crippen molar-refractivity contribution < 1.29 is 0 Å². The zero-order valence-electron chi connectivity index (χ0n) is 14.7. The lowest BCUT2D eigenvalue weighted by atomic mass is 9.67. The van der Waals surface area contributed by atoms with Crippen molar-refractivity contribution in [3.05, 3.63) is 0 Å². The van der Waals surface area contributed by atoms with Gasteiger partial charge in [-0.05, 0) is 61.8 Å². The van der Waals surface area contributed by atoms with Gasteiger partial charge in [-0.1, -0.05) is 47.0 Å². The molecule has 21 heavy (non-hydrogen) atoms. The molecule has 0 saturated heterocycles. The third-order valence-corrected chi connectivity index (χ3v) is 8.24. The Bertz CT molecular complexity index is 315. The maximum Gasteiger partial charge on any atom is 0.00929 e. The second-order valence-corrected chi connectivity index (χ2v) is 9.96. The summed E-state index contributed by atoms with van der Waals surface area (Å²) in [6.45, 7) is 10.7. The fourth-order valence-corrected chi connectivity index (χ4v) is 6.43. The maximum absolute atomic E-state index is 6.10. The Balaban J connectivity index is 1.96. The summed E-state index contributed by atoms with van der Waals surface area (Å²) >= 11 is 2.33. The Labute approximate surface area is 137 Å². The number of rotatable bonds is 5. The van der Waals surface area contributed by atoms with Gasteiger partial charge in [0.1, 0.15) is 0 Å². The maximum atomic E-state index is 6.10. The molecule has 124 valence electrons. The third kappa shape index (κ3) is 4.64. The zero-order valence-corrected chi connectivity index (χ0v) is 15.6. The first-order valence-electron chi connectivity index (χ1n) is 9.31. The van der Waals surface area contributed by atoms with Gasteiger partial charge < -0.3 is 5.73 Å². The molecule has 0 amide bonds. The lowest BCUT2D eigenvalue weighted by molar-refractivity contribution is 0.134. The molecule has 2 saturated carbocycles. The molecule has 0 bridgehead atoms. The molecular weight excluding hydrogens is 274 g/mol. The highest BCUT2D eigenvalue weighted by Gasteiger charge is 2.38. The first kappa shape index (κ1) is 17.7. The highest BCUT2D eigenvalue weighted by molar-refractivity contribution is 8.00. The van der Waals surface area contributed by atoms with Crippen molar-refractivity contribution >= 4 is 11.8 Å². The summed E-state index contributed by atoms with van der Waals surface area (Å²) < 4.78 is 0. The molecule has 5 atom stereocenters. The summed E-state index contributed by atoms with van der Waals surface area (Å²) in [5.41, 5.74) is 6.61. The van der Waals surface area contributed by atoms with Crippen LogP contribution in [-0.2, 0) is 0 Å². The number of hydrogen-bond donors (Lipinski definition) is 1. The van der Waals surface area contributed by atoms with Crippen LogP contribution >= 0.6 is 11.8 Å². The molecule has 2 heteroatoms. The molecule has 0 aromatic rings. The van der Waals surface area contributed by atoms with Gasteiger partial charge >= 0.3 is 0 Å². The van der Waals surface area contributed by atoms with E-state index < -0.39 is 0 Å². The fourth-order valence-electron chi connectivity index (χ4n) is 4.38. The molecule has 0 aliphatic heterocycles. The molecule has 0 radical (unpaired) electrons. The van der Waals surface area contributed by atoms with E-state index in [0.717, 1.165) is 34.8 Å². The monoisotopic (exact) mass is 311 g/mol. The molecule has 0 aromatic carbocycles. The topological polar surface area (TPSA) is 26.0 Å². The van der Waals surface area contributed by atoms with Crippen molar-refractivity contribution in [3.63, 3.8) is 0 Å². The number of nitrogens with two attached hydrogens (primary N) is 1.